The zero-order valence-corrected chi connectivity index (χ0v) is 11.6. The minimum Gasteiger partial charge on any atom is -0.750 e. The van der Waals surface area contributed by atoms with Crippen LogP contribution in [0.2, 0.25) is 0 Å². The van der Waals surface area contributed by atoms with Crippen LogP contribution in [-0.2, 0) is 33.0 Å². The van der Waals surface area contributed by atoms with Crippen molar-refractivity contribution in [1.82, 2.24) is 0 Å². The van der Waals surface area contributed by atoms with E-state index in [0.29, 0.717) is 0 Å². The third-order valence-corrected chi connectivity index (χ3v) is 0. The molecule has 80 valence electrons. The fourth-order valence-electron chi connectivity index (χ4n) is 0. The Morgan fingerprint density at radius 1 is 0.538 bits per heavy atom. The second kappa shape index (κ2) is 18.4. The molecule has 0 aromatic carbocycles. The molecule has 0 atom stereocenters. The minimum atomic E-state index is -3.37. The summed E-state index contributed by atoms with van der Waals surface area (Å²) in [6.07, 6.45) is 0. The molecule has 0 rings (SSSR count). The van der Waals surface area contributed by atoms with Crippen LogP contribution in [0.15, 0.2) is 0 Å². The fourth-order valence-corrected chi connectivity index (χ4v) is 0. The predicted octanol–water partition coefficient (Wildman–Crippen LogP) is -4.20. The van der Waals surface area contributed by atoms with Gasteiger partial charge in [0.1, 0.15) is 0 Å². The molecule has 13 heavy (non-hydrogen) atoms. The van der Waals surface area contributed by atoms with Crippen molar-refractivity contribution in [2.45, 2.75) is 0 Å². The van der Waals surface area contributed by atoms with Crippen molar-refractivity contribution in [3.8, 4) is 0 Å². The van der Waals surface area contributed by atoms with Crippen LogP contribution < -0.4 is 0 Å². The van der Waals surface area contributed by atoms with Gasteiger partial charge in [-0.25, -0.2) is 25.3 Å². The van der Waals surface area contributed by atoms with Crippen molar-refractivity contribution in [3.05, 3.63) is 0 Å². The first-order valence-corrected chi connectivity index (χ1v) is 4.93. The van der Waals surface area contributed by atoms with E-state index in [4.69, 9.17) is 38.9 Å². The number of thiol groups is 3. The molecule has 13 heteroatoms. The smallest absolute Gasteiger partial charge is 0.750 e. The van der Waals surface area contributed by atoms with Gasteiger partial charge in [0.2, 0.25) is 0 Å². The van der Waals surface area contributed by atoms with Gasteiger partial charge in [-0.05, 0) is 0 Å². The summed E-state index contributed by atoms with van der Waals surface area (Å²) in [5.41, 5.74) is 0. The zero-order chi connectivity index (χ0) is 10.7. The van der Waals surface area contributed by atoms with Crippen LogP contribution in [0.4, 0.5) is 0 Å². The quantitative estimate of drug-likeness (QED) is 0.187. The molecular weight excluding hydrogens is 449 g/mol. The summed E-state index contributed by atoms with van der Waals surface area (Å²) in [5, 5.41) is 0. The van der Waals surface area contributed by atoms with Crippen molar-refractivity contribution in [3.63, 3.8) is 0 Å². The van der Waals surface area contributed by atoms with Crippen LogP contribution in [0.1, 0.15) is 0 Å². The first-order valence-electron chi connectivity index (χ1n) is 1.64. The van der Waals surface area contributed by atoms with E-state index in [2.05, 4.69) is 0 Å². The van der Waals surface area contributed by atoms with E-state index in [9.17, 15) is 0 Å². The summed E-state index contributed by atoms with van der Waals surface area (Å²) < 4.78 is 76.3. The van der Waals surface area contributed by atoms with E-state index >= 15 is 0 Å². The predicted molar refractivity (Wildman–Crippen MR) is 39.0 cm³/mol. The van der Waals surface area contributed by atoms with Gasteiger partial charge in [0.05, 0.1) is 33.0 Å². The van der Waals surface area contributed by atoms with Gasteiger partial charge in [-0.3, -0.25) is 0 Å². The third kappa shape index (κ3) is 3780. The molecule has 0 aliphatic carbocycles. The molecule has 0 aromatic heterocycles. The van der Waals surface area contributed by atoms with Crippen LogP contribution in [-0.4, -0.2) is 65.1 Å². The second-order valence-corrected chi connectivity index (χ2v) is 2.01. The molecule has 0 heterocycles. The molecule has 0 aliphatic heterocycles. The summed E-state index contributed by atoms with van der Waals surface area (Å²) in [6.45, 7) is 0. The zero-order valence-electron chi connectivity index (χ0n) is 5.46. The van der Waals surface area contributed by atoms with Crippen molar-refractivity contribution in [2.75, 3.05) is 0 Å². The summed E-state index contributed by atoms with van der Waals surface area (Å²) in [6, 6.07) is 0. The Kier molecular flexibility index (Phi) is 33.2. The average molecular weight is 452 g/mol. The maximum absolute atomic E-state index is 8.48. The summed E-state index contributed by atoms with van der Waals surface area (Å²) in [7, 11) is -10.1. The Morgan fingerprint density at radius 3 is 0.538 bits per heavy atom. The number of hydrogen-bond acceptors (Lipinski definition) is 9. The molecule has 0 amide bonds. The van der Waals surface area contributed by atoms with Crippen molar-refractivity contribution < 1.29 is 38.9 Å². The summed E-state index contributed by atoms with van der Waals surface area (Å²) >= 11 is 0. The SMILES string of the molecule is O=[SH](=O)[O-].O=[SH](=O)[O-].O=[SH](=O)[O-].[Bi+3]. The van der Waals surface area contributed by atoms with Crippen molar-refractivity contribution in [1.29, 1.82) is 0 Å². The van der Waals surface area contributed by atoms with E-state index in [-0.39, 0.29) is 26.2 Å². The van der Waals surface area contributed by atoms with E-state index < -0.39 is 33.0 Å². The Morgan fingerprint density at radius 2 is 0.538 bits per heavy atom. The van der Waals surface area contributed by atoms with Gasteiger partial charge in [-0.15, -0.1) is 0 Å². The van der Waals surface area contributed by atoms with Crippen molar-refractivity contribution >= 4 is 59.2 Å². The van der Waals surface area contributed by atoms with Gasteiger partial charge in [-0.2, -0.15) is 0 Å². The molecule has 0 bridgehead atoms. The molecular formula is H3BiO9S3. The minimum absolute atomic E-state index is 0. The average Bonchev–Trinajstić information content (AvgIpc) is 1.54. The molecule has 0 aliphatic rings. The Labute approximate surface area is 97.6 Å². The fraction of sp³-hybridized carbons (Fsp3) is 0. The monoisotopic (exact) mass is 452 g/mol. The molecule has 0 fully saturated rings. The van der Waals surface area contributed by atoms with E-state index in [0.717, 1.165) is 0 Å². The first-order chi connectivity index (χ1) is 5.20. The molecule has 9 nitrogen and oxygen atoms in total. The van der Waals surface area contributed by atoms with Gasteiger partial charge in [0.15, 0.2) is 0 Å². The third-order valence-electron chi connectivity index (χ3n) is 0. The van der Waals surface area contributed by atoms with Gasteiger partial charge in [0, 0.05) is 0 Å². The van der Waals surface area contributed by atoms with Crippen LogP contribution in [0.3, 0.4) is 0 Å². The number of hydrogen-bond donors (Lipinski definition) is 3. The van der Waals surface area contributed by atoms with Crippen LogP contribution in [0, 0.1) is 0 Å². The summed E-state index contributed by atoms with van der Waals surface area (Å²) in [4.78, 5) is 0. The normalized spacial score (nSPS) is 7.85. The van der Waals surface area contributed by atoms with Crippen molar-refractivity contribution in [2.24, 2.45) is 0 Å². The number of rotatable bonds is 0. The Bertz CT molecular complexity index is 208. The summed E-state index contributed by atoms with van der Waals surface area (Å²) in [5.74, 6) is 0. The van der Waals surface area contributed by atoms with Crippen LogP contribution in [0.25, 0.3) is 0 Å². The van der Waals surface area contributed by atoms with Gasteiger partial charge >= 0.3 is 26.2 Å². The second-order valence-electron chi connectivity index (χ2n) is 0.671. The van der Waals surface area contributed by atoms with Crippen LogP contribution >= 0.6 is 0 Å². The van der Waals surface area contributed by atoms with E-state index in [1.165, 1.54) is 0 Å². The van der Waals surface area contributed by atoms with Gasteiger partial charge in [-0.1, -0.05) is 0 Å². The van der Waals surface area contributed by atoms with E-state index in [1.807, 2.05) is 0 Å². The maximum atomic E-state index is 8.48. The molecule has 0 spiro atoms. The molecule has 0 saturated carbocycles. The molecule has 0 unspecified atom stereocenters. The standard InChI is InChI=1S/Bi.3H2O3S/c;3*1-4(2)3/h;3*4H,(H,1,2,3)/q+3;;;/p-3. The largest absolute Gasteiger partial charge is 3.00 e. The van der Waals surface area contributed by atoms with Crippen LogP contribution in [0.5, 0.6) is 0 Å². The Balaban J connectivity index is -0.0000000450. The topological polar surface area (TPSA) is 172 Å². The molecule has 2 radical (unpaired) electrons. The molecule has 0 N–H and O–H groups in total. The first kappa shape index (κ1) is 23.4. The Hall–Kier alpha value is 0.613. The van der Waals surface area contributed by atoms with E-state index in [1.54, 1.807) is 0 Å². The maximum Gasteiger partial charge on any atom is 3.00 e. The van der Waals surface area contributed by atoms with Gasteiger partial charge in [0.25, 0.3) is 0 Å². The van der Waals surface area contributed by atoms with Gasteiger partial charge < -0.3 is 13.7 Å². The molecule has 0 aromatic rings. The molecule has 0 saturated heterocycles.